The van der Waals surface area contributed by atoms with Gasteiger partial charge in [-0.1, -0.05) is 38.5 Å². The van der Waals surface area contributed by atoms with Crippen LogP contribution in [0.15, 0.2) is 35.2 Å². The Kier molecular flexibility index (Phi) is 29.1. The predicted molar refractivity (Wildman–Crippen MR) is 167 cm³/mol. The van der Waals surface area contributed by atoms with Crippen LogP contribution in [0.4, 0.5) is 0 Å². The van der Waals surface area contributed by atoms with Gasteiger partial charge in [0, 0.05) is 6.61 Å². The predicted octanol–water partition coefficient (Wildman–Crippen LogP) is 2.60. The Morgan fingerprint density at radius 1 is 0.467 bits per heavy atom. The zero-order valence-electron chi connectivity index (χ0n) is 27.2. The van der Waals surface area contributed by atoms with Gasteiger partial charge in [0.15, 0.2) is 0 Å². The standard InChI is InChI=1S/C31H56O13S/c1-3-30(2)29-43-26-25-41-22-21-39-18-17-37-14-13-35-10-9-34-11-12-36-15-16-38-19-20-40-23-24-42-27-28-44-45(32,33)31-7-5-4-6-8-31/h4-8,30H,3,9-29H2,1-2H3. The van der Waals surface area contributed by atoms with E-state index in [1.807, 2.05) is 0 Å². The van der Waals surface area contributed by atoms with Crippen LogP contribution in [0.25, 0.3) is 0 Å². The van der Waals surface area contributed by atoms with Crippen LogP contribution in [-0.2, 0) is 61.7 Å². The van der Waals surface area contributed by atoms with Crippen LogP contribution >= 0.6 is 0 Å². The van der Waals surface area contributed by atoms with Crippen LogP contribution < -0.4 is 0 Å². The molecule has 1 aromatic carbocycles. The van der Waals surface area contributed by atoms with Crippen molar-refractivity contribution in [2.75, 3.05) is 139 Å². The number of hydrogen-bond donors (Lipinski definition) is 0. The quantitative estimate of drug-likeness (QED) is 0.0775. The summed E-state index contributed by atoms with van der Waals surface area (Å²) < 4.78 is 83.3. The van der Waals surface area contributed by atoms with Crippen LogP contribution in [0.1, 0.15) is 20.3 Å². The molecule has 0 amide bonds. The minimum atomic E-state index is -3.75. The van der Waals surface area contributed by atoms with Gasteiger partial charge in [-0.05, 0) is 18.1 Å². The molecule has 264 valence electrons. The van der Waals surface area contributed by atoms with E-state index in [4.69, 9.17) is 51.6 Å². The van der Waals surface area contributed by atoms with E-state index in [1.165, 1.54) is 12.1 Å². The Bertz CT molecular complexity index is 845. The molecule has 0 saturated carbocycles. The van der Waals surface area contributed by atoms with Crippen molar-refractivity contribution in [2.45, 2.75) is 25.2 Å². The van der Waals surface area contributed by atoms with Crippen molar-refractivity contribution >= 4 is 10.1 Å². The van der Waals surface area contributed by atoms with E-state index >= 15 is 0 Å². The van der Waals surface area contributed by atoms with Crippen LogP contribution in [0.5, 0.6) is 0 Å². The van der Waals surface area contributed by atoms with Crippen molar-refractivity contribution in [2.24, 2.45) is 5.92 Å². The maximum absolute atomic E-state index is 12.0. The van der Waals surface area contributed by atoms with Crippen LogP contribution in [0.2, 0.25) is 0 Å². The molecule has 0 radical (unpaired) electrons. The van der Waals surface area contributed by atoms with Gasteiger partial charge in [0.05, 0.1) is 137 Å². The molecule has 13 nitrogen and oxygen atoms in total. The first-order valence-corrected chi connectivity index (χ1v) is 17.2. The topological polar surface area (TPSA) is 136 Å². The van der Waals surface area contributed by atoms with Gasteiger partial charge >= 0.3 is 0 Å². The summed E-state index contributed by atoms with van der Waals surface area (Å²) in [7, 11) is -3.75. The van der Waals surface area contributed by atoms with Gasteiger partial charge in [0.1, 0.15) is 0 Å². The maximum atomic E-state index is 12.0. The third-order valence-electron chi connectivity index (χ3n) is 5.95. The Labute approximate surface area is 270 Å². The summed E-state index contributed by atoms with van der Waals surface area (Å²) in [6.45, 7) is 14.0. The number of ether oxygens (including phenoxy) is 10. The average Bonchev–Trinajstić information content (AvgIpc) is 3.05. The Balaban J connectivity index is 1.67. The summed E-state index contributed by atoms with van der Waals surface area (Å²) >= 11 is 0. The van der Waals surface area contributed by atoms with Gasteiger partial charge in [0.25, 0.3) is 10.1 Å². The molecular weight excluding hydrogens is 612 g/mol. The molecule has 0 aliphatic carbocycles. The summed E-state index contributed by atoms with van der Waals surface area (Å²) in [6.07, 6.45) is 1.13. The number of hydrogen-bond acceptors (Lipinski definition) is 13. The summed E-state index contributed by atoms with van der Waals surface area (Å²) in [5.41, 5.74) is 0. The van der Waals surface area contributed by atoms with Gasteiger partial charge in [-0.2, -0.15) is 8.42 Å². The second kappa shape index (κ2) is 31.3. The third-order valence-corrected chi connectivity index (χ3v) is 7.27. The first-order chi connectivity index (χ1) is 22.1. The SMILES string of the molecule is CCC(C)COCCOCCOCCOCCOCCOCCOCCOCCOCCOCCOS(=O)(=O)c1ccccc1. The first-order valence-electron chi connectivity index (χ1n) is 15.8. The summed E-state index contributed by atoms with van der Waals surface area (Å²) in [6, 6.07) is 7.98. The second-order valence-electron chi connectivity index (χ2n) is 9.69. The van der Waals surface area contributed by atoms with Crippen molar-refractivity contribution in [1.29, 1.82) is 0 Å². The highest BCUT2D eigenvalue weighted by Gasteiger charge is 2.13. The molecule has 0 spiro atoms. The molecule has 1 atom stereocenters. The highest BCUT2D eigenvalue weighted by Crippen LogP contribution is 2.10. The molecule has 0 aromatic heterocycles. The lowest BCUT2D eigenvalue weighted by molar-refractivity contribution is -0.0270. The summed E-state index contributed by atoms with van der Waals surface area (Å²) in [5, 5.41) is 0. The Morgan fingerprint density at radius 2 is 0.756 bits per heavy atom. The fraction of sp³-hybridized carbons (Fsp3) is 0.806. The van der Waals surface area contributed by atoms with Crippen LogP contribution in [-0.4, -0.2) is 147 Å². The minimum Gasteiger partial charge on any atom is -0.379 e. The molecular formula is C31H56O13S. The molecule has 1 aromatic rings. The molecule has 1 unspecified atom stereocenters. The molecule has 1 rings (SSSR count). The Morgan fingerprint density at radius 3 is 1.07 bits per heavy atom. The lowest BCUT2D eigenvalue weighted by Crippen LogP contribution is -2.16. The van der Waals surface area contributed by atoms with Crippen molar-refractivity contribution in [3.05, 3.63) is 30.3 Å². The number of rotatable bonds is 35. The zero-order chi connectivity index (χ0) is 32.5. The first kappa shape index (κ1) is 41.8. The molecule has 0 fully saturated rings. The molecule has 0 N–H and O–H groups in total. The fourth-order valence-electron chi connectivity index (χ4n) is 3.24. The monoisotopic (exact) mass is 668 g/mol. The van der Waals surface area contributed by atoms with Crippen molar-refractivity contribution in [1.82, 2.24) is 0 Å². The van der Waals surface area contributed by atoms with E-state index in [0.29, 0.717) is 125 Å². The molecule has 0 aliphatic heterocycles. The average molecular weight is 669 g/mol. The summed E-state index contributed by atoms with van der Waals surface area (Å²) in [5.74, 6) is 0.591. The van der Waals surface area contributed by atoms with Crippen molar-refractivity contribution < 1.29 is 60.0 Å². The fourth-order valence-corrected chi connectivity index (χ4v) is 4.15. The smallest absolute Gasteiger partial charge is 0.297 e. The number of benzene rings is 1. The van der Waals surface area contributed by atoms with Crippen molar-refractivity contribution in [3.63, 3.8) is 0 Å². The minimum absolute atomic E-state index is 0.0562. The van der Waals surface area contributed by atoms with E-state index in [9.17, 15) is 8.42 Å². The molecule has 14 heteroatoms. The highest BCUT2D eigenvalue weighted by atomic mass is 32.2. The molecule has 0 heterocycles. The molecule has 0 saturated heterocycles. The van der Waals surface area contributed by atoms with Gasteiger partial charge in [-0.3, -0.25) is 4.18 Å². The molecule has 45 heavy (non-hydrogen) atoms. The lowest BCUT2D eigenvalue weighted by atomic mass is 10.1. The molecule has 0 bridgehead atoms. The summed E-state index contributed by atoms with van der Waals surface area (Å²) in [4.78, 5) is 0.122. The van der Waals surface area contributed by atoms with Crippen LogP contribution in [0, 0.1) is 5.92 Å². The van der Waals surface area contributed by atoms with E-state index in [0.717, 1.165) is 13.0 Å². The largest absolute Gasteiger partial charge is 0.379 e. The van der Waals surface area contributed by atoms with Gasteiger partial charge in [0.2, 0.25) is 0 Å². The van der Waals surface area contributed by atoms with Crippen molar-refractivity contribution in [3.8, 4) is 0 Å². The Hall–Kier alpha value is -1.27. The van der Waals surface area contributed by atoms with Gasteiger partial charge < -0.3 is 47.4 Å². The normalized spacial score (nSPS) is 12.6. The lowest BCUT2D eigenvalue weighted by Gasteiger charge is -2.10. The van der Waals surface area contributed by atoms with Crippen LogP contribution in [0.3, 0.4) is 0 Å². The highest BCUT2D eigenvalue weighted by molar-refractivity contribution is 7.86. The van der Waals surface area contributed by atoms with E-state index in [2.05, 4.69) is 13.8 Å². The van der Waals surface area contributed by atoms with E-state index < -0.39 is 10.1 Å². The zero-order valence-corrected chi connectivity index (χ0v) is 28.1. The van der Waals surface area contributed by atoms with E-state index in [1.54, 1.807) is 18.2 Å². The van der Waals surface area contributed by atoms with E-state index in [-0.39, 0.29) is 18.1 Å². The second-order valence-corrected chi connectivity index (χ2v) is 11.3. The third kappa shape index (κ3) is 27.5. The maximum Gasteiger partial charge on any atom is 0.297 e. The van der Waals surface area contributed by atoms with Gasteiger partial charge in [-0.25, -0.2) is 0 Å². The molecule has 0 aliphatic rings. The van der Waals surface area contributed by atoms with Gasteiger partial charge in [-0.15, -0.1) is 0 Å².